The highest BCUT2D eigenvalue weighted by Gasteiger charge is 2.24. The maximum absolute atomic E-state index is 9.47. The Bertz CT molecular complexity index is 144. The Labute approximate surface area is 83.9 Å². The minimum Gasteiger partial charge on any atom is -0.393 e. The van der Waals surface area contributed by atoms with Gasteiger partial charge in [-0.2, -0.15) is 11.8 Å². The molecule has 0 spiro atoms. The van der Waals surface area contributed by atoms with Gasteiger partial charge in [0.25, 0.3) is 0 Å². The monoisotopic (exact) mass is 205 g/mol. The number of hydrogen-bond donors (Lipinski definition) is 3. The third kappa shape index (κ3) is 4.31. The molecule has 0 bridgehead atoms. The van der Waals surface area contributed by atoms with Crippen LogP contribution in [0.3, 0.4) is 0 Å². The summed E-state index contributed by atoms with van der Waals surface area (Å²) < 4.78 is 0. The van der Waals surface area contributed by atoms with Crippen LogP contribution in [-0.4, -0.2) is 47.0 Å². The second kappa shape index (κ2) is 5.86. The quantitative estimate of drug-likeness (QED) is 0.556. The van der Waals surface area contributed by atoms with Crippen LogP contribution in [0.1, 0.15) is 13.3 Å². The van der Waals surface area contributed by atoms with Crippen LogP contribution in [0.5, 0.6) is 0 Å². The first kappa shape index (κ1) is 11.3. The average molecular weight is 205 g/mol. The van der Waals surface area contributed by atoms with Gasteiger partial charge in [0.2, 0.25) is 0 Å². The van der Waals surface area contributed by atoms with Gasteiger partial charge in [0.1, 0.15) is 0 Å². The van der Waals surface area contributed by atoms with Gasteiger partial charge in [-0.25, -0.2) is 0 Å². The molecule has 1 heterocycles. The lowest BCUT2D eigenvalue weighted by molar-refractivity contribution is 0.158. The van der Waals surface area contributed by atoms with Crippen LogP contribution in [0.2, 0.25) is 0 Å². The summed E-state index contributed by atoms with van der Waals surface area (Å²) in [5, 5.41) is 21.7. The van der Waals surface area contributed by atoms with Crippen LogP contribution in [0, 0.1) is 5.92 Å². The van der Waals surface area contributed by atoms with Crippen LogP contribution in [0.25, 0.3) is 0 Å². The van der Waals surface area contributed by atoms with E-state index in [1.54, 1.807) is 0 Å². The second-order valence-corrected chi connectivity index (χ2v) is 4.85. The van der Waals surface area contributed by atoms with E-state index in [-0.39, 0.29) is 12.2 Å². The Balaban J connectivity index is 1.99. The molecule has 0 unspecified atom stereocenters. The molecule has 0 amide bonds. The molecule has 1 aliphatic heterocycles. The molecule has 0 aliphatic carbocycles. The van der Waals surface area contributed by atoms with Crippen LogP contribution in [-0.2, 0) is 0 Å². The summed E-state index contributed by atoms with van der Waals surface area (Å²) in [6.45, 7) is 3.48. The molecule has 0 aromatic carbocycles. The highest BCUT2D eigenvalue weighted by Crippen LogP contribution is 2.16. The number of aliphatic hydroxyl groups excluding tert-OH is 2. The molecule has 1 aliphatic rings. The van der Waals surface area contributed by atoms with E-state index in [9.17, 15) is 5.11 Å². The van der Waals surface area contributed by atoms with Gasteiger partial charge < -0.3 is 15.5 Å². The summed E-state index contributed by atoms with van der Waals surface area (Å²) in [5.74, 6) is 2.39. The fourth-order valence-corrected chi connectivity index (χ4v) is 2.70. The van der Waals surface area contributed by atoms with E-state index in [2.05, 4.69) is 5.32 Å². The largest absolute Gasteiger partial charge is 0.393 e. The standard InChI is InChI=1S/C9H19NO2S/c1-7(11)2-3-13-6-8-4-10-5-9(8)12/h7-12H,2-6H2,1H3/t7-,8+,9-/m0/s1. The lowest BCUT2D eigenvalue weighted by atomic mass is 10.1. The maximum Gasteiger partial charge on any atom is 0.0712 e. The van der Waals surface area contributed by atoms with E-state index in [0.29, 0.717) is 5.92 Å². The molecule has 1 saturated heterocycles. The zero-order chi connectivity index (χ0) is 9.68. The predicted octanol–water partition coefficient (Wildman–Crippen LogP) is 0.0708. The average Bonchev–Trinajstić information content (AvgIpc) is 2.45. The number of nitrogens with one attached hydrogen (secondary N) is 1. The summed E-state index contributed by atoms with van der Waals surface area (Å²) in [6, 6.07) is 0. The first-order chi connectivity index (χ1) is 6.20. The van der Waals surface area contributed by atoms with Crippen molar-refractivity contribution in [2.24, 2.45) is 5.92 Å². The van der Waals surface area contributed by atoms with Crippen LogP contribution >= 0.6 is 11.8 Å². The van der Waals surface area contributed by atoms with Crippen molar-refractivity contribution < 1.29 is 10.2 Å². The van der Waals surface area contributed by atoms with Gasteiger partial charge in [-0.05, 0) is 24.9 Å². The maximum atomic E-state index is 9.47. The van der Waals surface area contributed by atoms with Crippen molar-refractivity contribution in [1.82, 2.24) is 5.32 Å². The van der Waals surface area contributed by atoms with Gasteiger partial charge in [0.15, 0.2) is 0 Å². The molecule has 0 radical (unpaired) electrons. The zero-order valence-corrected chi connectivity index (χ0v) is 8.89. The third-order valence-electron chi connectivity index (χ3n) is 2.32. The van der Waals surface area contributed by atoms with Crippen molar-refractivity contribution in [2.75, 3.05) is 24.6 Å². The summed E-state index contributed by atoms with van der Waals surface area (Å²) in [5.41, 5.74) is 0. The van der Waals surface area contributed by atoms with Crippen LogP contribution in [0.4, 0.5) is 0 Å². The van der Waals surface area contributed by atoms with Crippen molar-refractivity contribution in [1.29, 1.82) is 0 Å². The number of thioether (sulfide) groups is 1. The summed E-state index contributed by atoms with van der Waals surface area (Å²) in [6.07, 6.45) is 0.485. The summed E-state index contributed by atoms with van der Waals surface area (Å²) in [4.78, 5) is 0. The van der Waals surface area contributed by atoms with E-state index < -0.39 is 0 Å². The SMILES string of the molecule is C[C@H](O)CCSC[C@H]1CNC[C@@H]1O. The van der Waals surface area contributed by atoms with E-state index in [4.69, 9.17) is 5.11 Å². The zero-order valence-electron chi connectivity index (χ0n) is 8.07. The summed E-state index contributed by atoms with van der Waals surface area (Å²) >= 11 is 1.82. The van der Waals surface area contributed by atoms with Crippen molar-refractivity contribution in [3.05, 3.63) is 0 Å². The minimum absolute atomic E-state index is 0.168. The molecule has 4 heteroatoms. The van der Waals surface area contributed by atoms with Crippen molar-refractivity contribution in [2.45, 2.75) is 25.6 Å². The van der Waals surface area contributed by atoms with E-state index in [1.165, 1.54) is 0 Å². The first-order valence-electron chi connectivity index (χ1n) is 4.84. The molecule has 0 saturated carbocycles. The van der Waals surface area contributed by atoms with E-state index in [1.807, 2.05) is 18.7 Å². The number of β-amino-alcohol motifs (C(OH)–C–C–N with tert-alkyl or cyclic N) is 1. The molecule has 3 atom stereocenters. The van der Waals surface area contributed by atoms with Gasteiger partial charge in [-0.3, -0.25) is 0 Å². The Morgan fingerprint density at radius 2 is 2.31 bits per heavy atom. The molecule has 3 N–H and O–H groups in total. The Kier molecular flexibility index (Phi) is 5.09. The fraction of sp³-hybridized carbons (Fsp3) is 1.00. The Morgan fingerprint density at radius 3 is 2.85 bits per heavy atom. The molecule has 0 aromatic heterocycles. The van der Waals surface area contributed by atoms with Gasteiger partial charge in [-0.1, -0.05) is 0 Å². The third-order valence-corrected chi connectivity index (χ3v) is 3.50. The highest BCUT2D eigenvalue weighted by molar-refractivity contribution is 7.99. The van der Waals surface area contributed by atoms with E-state index in [0.717, 1.165) is 31.0 Å². The molecule has 1 fully saturated rings. The van der Waals surface area contributed by atoms with Gasteiger partial charge in [0.05, 0.1) is 12.2 Å². The van der Waals surface area contributed by atoms with Gasteiger partial charge in [0, 0.05) is 19.0 Å². The molecule has 0 aromatic rings. The number of rotatable bonds is 5. The number of aliphatic hydroxyl groups is 2. The number of hydrogen-bond acceptors (Lipinski definition) is 4. The fourth-order valence-electron chi connectivity index (χ4n) is 1.38. The lowest BCUT2D eigenvalue weighted by Gasteiger charge is -2.12. The highest BCUT2D eigenvalue weighted by atomic mass is 32.2. The van der Waals surface area contributed by atoms with Crippen molar-refractivity contribution >= 4 is 11.8 Å². The van der Waals surface area contributed by atoms with Crippen molar-refractivity contribution in [3.8, 4) is 0 Å². The van der Waals surface area contributed by atoms with Gasteiger partial charge in [-0.15, -0.1) is 0 Å². The smallest absolute Gasteiger partial charge is 0.0712 e. The Hall–Kier alpha value is 0.230. The second-order valence-electron chi connectivity index (χ2n) is 3.70. The van der Waals surface area contributed by atoms with Crippen molar-refractivity contribution in [3.63, 3.8) is 0 Å². The lowest BCUT2D eigenvalue weighted by Crippen LogP contribution is -2.20. The van der Waals surface area contributed by atoms with Gasteiger partial charge >= 0.3 is 0 Å². The molecular formula is C9H19NO2S. The summed E-state index contributed by atoms with van der Waals surface area (Å²) in [7, 11) is 0. The van der Waals surface area contributed by atoms with Crippen LogP contribution < -0.4 is 5.32 Å². The minimum atomic E-state index is -0.195. The topological polar surface area (TPSA) is 52.5 Å². The first-order valence-corrected chi connectivity index (χ1v) is 6.00. The molecule has 3 nitrogen and oxygen atoms in total. The Morgan fingerprint density at radius 1 is 1.54 bits per heavy atom. The molecular weight excluding hydrogens is 186 g/mol. The molecule has 1 rings (SSSR count). The normalized spacial score (nSPS) is 30.7. The molecule has 13 heavy (non-hydrogen) atoms. The predicted molar refractivity (Wildman–Crippen MR) is 56.0 cm³/mol. The molecule has 78 valence electrons. The van der Waals surface area contributed by atoms with E-state index >= 15 is 0 Å². The van der Waals surface area contributed by atoms with Crippen LogP contribution in [0.15, 0.2) is 0 Å².